The van der Waals surface area contributed by atoms with Crippen molar-refractivity contribution >= 4 is 34.2 Å². The molecule has 4 aromatic rings. The molecule has 0 bridgehead atoms. The summed E-state index contributed by atoms with van der Waals surface area (Å²) >= 11 is 6.61. The monoisotopic (exact) mass is 560 g/mol. The summed E-state index contributed by atoms with van der Waals surface area (Å²) in [6, 6.07) is 12.1. The molecule has 0 spiro atoms. The van der Waals surface area contributed by atoms with Crippen LogP contribution < -0.4 is 4.90 Å². The van der Waals surface area contributed by atoms with E-state index < -0.39 is 5.97 Å². The second kappa shape index (κ2) is 9.93. The molecule has 2 saturated carbocycles. The number of aromatic nitrogens is 3. The summed E-state index contributed by atoms with van der Waals surface area (Å²) in [5, 5.41) is 10.4. The summed E-state index contributed by atoms with van der Waals surface area (Å²) in [4.78, 5) is 14.6. The zero-order valence-electron chi connectivity index (χ0n) is 23.0. The van der Waals surface area contributed by atoms with Crippen molar-refractivity contribution in [3.63, 3.8) is 0 Å². The molecule has 1 saturated heterocycles. The molecule has 0 amide bonds. The lowest BCUT2D eigenvalue weighted by Crippen LogP contribution is -2.23. The predicted molar refractivity (Wildman–Crippen MR) is 153 cm³/mol. The molecule has 3 fully saturated rings. The van der Waals surface area contributed by atoms with Crippen molar-refractivity contribution in [3.05, 3.63) is 64.0 Å². The lowest BCUT2D eigenvalue weighted by atomic mass is 10.0. The largest absolute Gasteiger partial charge is 0.464 e. The van der Waals surface area contributed by atoms with Crippen LogP contribution in [0.3, 0.4) is 0 Å². The van der Waals surface area contributed by atoms with Gasteiger partial charge in [0.15, 0.2) is 5.69 Å². The van der Waals surface area contributed by atoms with Crippen molar-refractivity contribution < 1.29 is 18.8 Å². The lowest BCUT2D eigenvalue weighted by molar-refractivity contribution is 0.0403. The molecule has 2 aliphatic carbocycles. The number of benzene rings is 2. The molecule has 0 radical (unpaired) electrons. The smallest absolute Gasteiger partial charge is 0.359 e. The topological polar surface area (TPSA) is 82.6 Å². The van der Waals surface area contributed by atoms with Crippen LogP contribution in [0.15, 0.2) is 40.9 Å². The summed E-state index contributed by atoms with van der Waals surface area (Å²) in [5.41, 5.74) is 6.38. The Morgan fingerprint density at radius 2 is 1.93 bits per heavy atom. The predicted octanol–water partition coefficient (Wildman–Crippen LogP) is 6.29. The fourth-order valence-corrected chi connectivity index (χ4v) is 7.05. The minimum atomic E-state index is -0.412. The van der Waals surface area contributed by atoms with Crippen LogP contribution in [-0.4, -0.2) is 47.2 Å². The van der Waals surface area contributed by atoms with Gasteiger partial charge >= 0.3 is 5.97 Å². The van der Waals surface area contributed by atoms with Crippen molar-refractivity contribution in [3.8, 4) is 11.3 Å². The van der Waals surface area contributed by atoms with Crippen molar-refractivity contribution in [2.45, 2.75) is 51.2 Å². The van der Waals surface area contributed by atoms with E-state index in [9.17, 15) is 4.79 Å². The van der Waals surface area contributed by atoms with Crippen molar-refractivity contribution in [1.82, 2.24) is 14.9 Å². The molecule has 3 aliphatic rings. The average Bonchev–Trinajstić information content (AvgIpc) is 3.24. The van der Waals surface area contributed by atoms with Gasteiger partial charge < -0.3 is 18.9 Å². The molecule has 2 unspecified atom stereocenters. The second-order valence-corrected chi connectivity index (χ2v) is 12.0. The molecule has 2 atom stereocenters. The fraction of sp³-hybridized carbons (Fsp3) is 0.452. The Labute approximate surface area is 238 Å². The molecule has 40 heavy (non-hydrogen) atoms. The first-order valence-corrected chi connectivity index (χ1v) is 14.4. The number of esters is 1. The Balaban J connectivity index is 1.04. The van der Waals surface area contributed by atoms with Crippen molar-refractivity contribution in [2.75, 3.05) is 25.1 Å². The fourth-order valence-electron chi connectivity index (χ4n) is 6.74. The van der Waals surface area contributed by atoms with Crippen LogP contribution >= 0.6 is 11.6 Å². The normalized spacial score (nSPS) is 22.3. The zero-order valence-corrected chi connectivity index (χ0v) is 23.8. The van der Waals surface area contributed by atoms with Crippen molar-refractivity contribution in [2.24, 2.45) is 18.9 Å². The van der Waals surface area contributed by atoms with Gasteiger partial charge in [0.2, 0.25) is 0 Å². The van der Waals surface area contributed by atoms with Gasteiger partial charge in [-0.05, 0) is 74.3 Å². The summed E-state index contributed by atoms with van der Waals surface area (Å²) in [5.74, 6) is 2.19. The third-order valence-electron chi connectivity index (χ3n) is 8.98. The highest BCUT2D eigenvalue weighted by atomic mass is 35.5. The van der Waals surface area contributed by atoms with Gasteiger partial charge in [0.1, 0.15) is 11.5 Å². The Morgan fingerprint density at radius 1 is 1.15 bits per heavy atom. The number of methoxy groups -OCH3 is 1. The Hall–Kier alpha value is -3.36. The minimum absolute atomic E-state index is 0.224. The van der Waals surface area contributed by atoms with Crippen molar-refractivity contribution in [1.29, 1.82) is 0 Å². The molecular weight excluding hydrogens is 528 g/mol. The lowest BCUT2D eigenvalue weighted by Gasteiger charge is -2.22. The molecular formula is C31H33ClN4O4. The number of carbonyl (C=O) groups excluding carboxylic acids is 1. The summed E-state index contributed by atoms with van der Waals surface area (Å²) in [6.45, 7) is 4.57. The van der Waals surface area contributed by atoms with Gasteiger partial charge in [0.25, 0.3) is 0 Å². The summed E-state index contributed by atoms with van der Waals surface area (Å²) in [6.07, 6.45) is 4.60. The first-order chi connectivity index (χ1) is 19.4. The van der Waals surface area contributed by atoms with Gasteiger partial charge in [-0.1, -0.05) is 28.9 Å². The van der Waals surface area contributed by atoms with E-state index in [1.165, 1.54) is 7.11 Å². The average molecular weight is 561 g/mol. The Morgan fingerprint density at radius 3 is 2.62 bits per heavy atom. The van der Waals surface area contributed by atoms with E-state index in [2.05, 4.69) is 40.3 Å². The molecule has 2 aromatic carbocycles. The van der Waals surface area contributed by atoms with Gasteiger partial charge in [-0.2, -0.15) is 5.10 Å². The number of carbonyl (C=O) groups is 1. The van der Waals surface area contributed by atoms with E-state index in [1.54, 1.807) is 4.68 Å². The quantitative estimate of drug-likeness (QED) is 0.246. The van der Waals surface area contributed by atoms with Crippen LogP contribution in [0.1, 0.15) is 59.0 Å². The van der Waals surface area contributed by atoms with E-state index in [4.69, 9.17) is 25.6 Å². The van der Waals surface area contributed by atoms with Crippen LogP contribution in [0.4, 0.5) is 5.69 Å². The molecule has 3 heterocycles. The van der Waals surface area contributed by atoms with Gasteiger partial charge in [0.05, 0.1) is 30.4 Å². The maximum Gasteiger partial charge on any atom is 0.359 e. The first kappa shape index (κ1) is 25.6. The maximum atomic E-state index is 12.1. The molecule has 9 heteroatoms. The van der Waals surface area contributed by atoms with Gasteiger partial charge in [-0.15, -0.1) is 0 Å². The minimum Gasteiger partial charge on any atom is -0.464 e. The first-order valence-electron chi connectivity index (χ1n) is 14.1. The highest BCUT2D eigenvalue weighted by molar-refractivity contribution is 6.33. The number of nitrogens with zero attached hydrogens (tertiary/aromatic N) is 4. The molecule has 2 aromatic heterocycles. The number of halogens is 1. The van der Waals surface area contributed by atoms with Crippen LogP contribution in [0.25, 0.3) is 22.2 Å². The number of ether oxygens (including phenoxy) is 2. The molecule has 7 rings (SSSR count). The van der Waals surface area contributed by atoms with Crippen LogP contribution in [0.5, 0.6) is 0 Å². The van der Waals surface area contributed by atoms with Crippen LogP contribution in [0, 0.1) is 18.8 Å². The molecule has 208 valence electrons. The number of rotatable bonds is 7. The van der Waals surface area contributed by atoms with E-state index in [-0.39, 0.29) is 6.10 Å². The number of anilines is 1. The third kappa shape index (κ3) is 4.38. The van der Waals surface area contributed by atoms with E-state index >= 15 is 0 Å². The standard InChI is InChI=1S/C31H33ClN4O4/c1-17-5-4-6-25(32)27(17)28-24(30(40-34-28)18-7-8-18)16-39-22-11-19-14-36(15-20(19)12-22)21-9-10-23-26(13-21)35(2)33-29(23)31(37)38-3/h4-6,9-10,13,18-20,22H,7-8,11-12,14-16H2,1-3H3. The molecule has 0 N–H and O–H groups in total. The second-order valence-electron chi connectivity index (χ2n) is 11.6. The van der Waals surface area contributed by atoms with Gasteiger partial charge in [-0.3, -0.25) is 4.68 Å². The molecule has 8 nitrogen and oxygen atoms in total. The zero-order chi connectivity index (χ0) is 27.5. The van der Waals surface area contributed by atoms with Gasteiger partial charge in [0, 0.05) is 48.3 Å². The maximum absolute atomic E-state index is 12.1. The van der Waals surface area contributed by atoms with Crippen LogP contribution in [-0.2, 0) is 23.1 Å². The number of fused-ring (bicyclic) bond motifs is 2. The summed E-state index contributed by atoms with van der Waals surface area (Å²) < 4.78 is 19.1. The Kier molecular flexibility index (Phi) is 6.35. The summed E-state index contributed by atoms with van der Waals surface area (Å²) in [7, 11) is 3.25. The Bertz CT molecular complexity index is 1570. The van der Waals surface area contributed by atoms with Crippen LogP contribution in [0.2, 0.25) is 5.02 Å². The van der Waals surface area contributed by atoms with Gasteiger partial charge in [-0.25, -0.2) is 4.79 Å². The van der Waals surface area contributed by atoms with E-state index in [1.807, 2.05) is 25.2 Å². The van der Waals surface area contributed by atoms with E-state index in [0.717, 1.165) is 83.5 Å². The van der Waals surface area contributed by atoms with E-state index in [0.29, 0.717) is 35.1 Å². The highest BCUT2D eigenvalue weighted by Crippen LogP contribution is 2.46. The number of aryl methyl sites for hydroxylation is 2. The highest BCUT2D eigenvalue weighted by Gasteiger charge is 2.42. The third-order valence-corrected chi connectivity index (χ3v) is 9.29. The molecule has 1 aliphatic heterocycles. The number of hydrogen-bond donors (Lipinski definition) is 0. The number of hydrogen-bond acceptors (Lipinski definition) is 7. The SMILES string of the molecule is COC(=O)c1nn(C)c2cc(N3CC4CC(OCc5c(-c6c(C)cccc6Cl)noc5C5CC5)CC4C3)ccc12.